The first-order chi connectivity index (χ1) is 7.47. The summed E-state index contributed by atoms with van der Waals surface area (Å²) in [6, 6.07) is 0. The molecule has 1 nitrogen and oxygen atoms in total. The van der Waals surface area contributed by atoms with Crippen molar-refractivity contribution in [3.05, 3.63) is 20.6 Å². The molecule has 0 heterocycles. The van der Waals surface area contributed by atoms with Crippen LogP contribution in [-0.2, 0) is 16.8 Å². The molecular formula is C15H33Cl2NSiTi. The van der Waals surface area contributed by atoms with Crippen LogP contribution >= 0.6 is 0 Å². The van der Waals surface area contributed by atoms with Crippen molar-refractivity contribution in [2.75, 3.05) is 0 Å². The number of rotatable bonds is 2. The maximum absolute atomic E-state index is 3.94. The van der Waals surface area contributed by atoms with Crippen LogP contribution in [-0.4, -0.2) is 16.5 Å². The first-order valence-corrected chi connectivity index (χ1v) is 11.3. The minimum absolute atomic E-state index is 0. The molecule has 0 saturated heterocycles. The van der Waals surface area contributed by atoms with Crippen LogP contribution in [0.15, 0.2) is 20.6 Å². The van der Waals surface area contributed by atoms with E-state index in [0.717, 1.165) is 0 Å². The summed E-state index contributed by atoms with van der Waals surface area (Å²) < 4.78 is 5.69. The Balaban J connectivity index is -0.000000963. The third kappa shape index (κ3) is 5.62. The Morgan fingerprint density at radius 3 is 1.60 bits per heavy atom. The number of nitrogens with one attached hydrogen (secondary N) is 1. The molecule has 1 rings (SSSR count). The SMILES string of the molecule is CC1=C(C)C(C)[C]([Ti+2]([CH3])([CH3])[NH]C(C)(C)C)=C1C.[Cl-].[Cl-].[SiH4]. The monoisotopic (exact) mass is 373 g/mol. The van der Waals surface area contributed by atoms with Gasteiger partial charge in [-0.15, -0.1) is 0 Å². The number of hydrogen-bond donors (Lipinski definition) is 1. The van der Waals surface area contributed by atoms with Crippen molar-refractivity contribution in [2.45, 2.75) is 64.5 Å². The van der Waals surface area contributed by atoms with Gasteiger partial charge < -0.3 is 24.8 Å². The molecule has 0 aromatic carbocycles. The van der Waals surface area contributed by atoms with Gasteiger partial charge in [0.1, 0.15) is 0 Å². The standard InChI is InChI=1S/C9H13.C4H10N.2CH3.2ClH.H4Si.Ti/c1-6-5-7(2)9(4)8(6)3;1-4(2,3)5;;;;;;/h6H,1-4H3;5H,1-3H3;2*1H3;2*1H;1H4;/q;-1;;;;;;+3/p-2. The number of halogens is 2. The molecule has 120 valence electrons. The second kappa shape index (κ2) is 8.55. The Labute approximate surface area is 147 Å². The van der Waals surface area contributed by atoms with E-state index in [1.165, 1.54) is 5.57 Å². The molecule has 0 fully saturated rings. The van der Waals surface area contributed by atoms with E-state index in [4.69, 9.17) is 0 Å². The third-order valence-electron chi connectivity index (χ3n) is 4.00. The summed E-state index contributed by atoms with van der Waals surface area (Å²) in [5, 5.41) is 4.99. The van der Waals surface area contributed by atoms with Gasteiger partial charge >= 0.3 is 112 Å². The Hall–Kier alpha value is 0.951. The Morgan fingerprint density at radius 2 is 1.35 bits per heavy atom. The van der Waals surface area contributed by atoms with Crippen molar-refractivity contribution in [1.82, 2.24) is 3.80 Å². The van der Waals surface area contributed by atoms with Gasteiger partial charge in [0.05, 0.1) is 0 Å². The van der Waals surface area contributed by atoms with Gasteiger partial charge in [-0.3, -0.25) is 0 Å². The molecule has 0 bridgehead atoms. The van der Waals surface area contributed by atoms with Gasteiger partial charge in [0.25, 0.3) is 0 Å². The van der Waals surface area contributed by atoms with Gasteiger partial charge in [0, 0.05) is 0 Å². The van der Waals surface area contributed by atoms with Crippen LogP contribution in [0.5, 0.6) is 0 Å². The largest absolute Gasteiger partial charge is 1.00 e. The maximum Gasteiger partial charge on any atom is -0.0149 e. The summed E-state index contributed by atoms with van der Waals surface area (Å²) in [7, 11) is 0. The van der Waals surface area contributed by atoms with Crippen LogP contribution in [0.3, 0.4) is 0 Å². The van der Waals surface area contributed by atoms with Gasteiger partial charge in [0.15, 0.2) is 0 Å². The predicted molar refractivity (Wildman–Crippen MR) is 86.2 cm³/mol. The first-order valence-electron chi connectivity index (χ1n) is 6.65. The molecule has 0 spiro atoms. The van der Waals surface area contributed by atoms with Gasteiger partial charge in [-0.2, -0.15) is 0 Å². The first kappa shape index (κ1) is 25.9. The molecule has 0 radical (unpaired) electrons. The maximum atomic E-state index is 3.94. The van der Waals surface area contributed by atoms with E-state index in [9.17, 15) is 0 Å². The number of hydrogen-bond acceptors (Lipinski definition) is 1. The van der Waals surface area contributed by atoms with Crippen molar-refractivity contribution in [3.8, 4) is 0 Å². The van der Waals surface area contributed by atoms with Gasteiger partial charge in [-0.25, -0.2) is 0 Å². The van der Waals surface area contributed by atoms with E-state index in [1.807, 2.05) is 0 Å². The zero-order valence-corrected chi connectivity index (χ0v) is 16.9. The second-order valence-corrected chi connectivity index (χ2v) is 13.4. The van der Waals surface area contributed by atoms with E-state index in [0.29, 0.717) is 5.92 Å². The molecule has 5 heteroatoms. The number of allylic oxidation sites excluding steroid dienone is 4. The average molecular weight is 374 g/mol. The fourth-order valence-corrected chi connectivity index (χ4v) is 10.3. The van der Waals surface area contributed by atoms with E-state index >= 15 is 0 Å². The van der Waals surface area contributed by atoms with E-state index < -0.39 is 16.8 Å². The Kier molecular flexibility index (Phi) is 11.1. The van der Waals surface area contributed by atoms with Gasteiger partial charge in [-0.05, 0) is 11.0 Å². The van der Waals surface area contributed by atoms with E-state index in [2.05, 4.69) is 62.7 Å². The molecule has 0 aromatic rings. The molecule has 1 unspecified atom stereocenters. The topological polar surface area (TPSA) is 12.0 Å². The minimum atomic E-state index is -2.08. The smallest absolute Gasteiger partial charge is 0.0149 e. The summed E-state index contributed by atoms with van der Waals surface area (Å²) in [4.78, 5) is 0. The van der Waals surface area contributed by atoms with Crippen molar-refractivity contribution >= 4 is 11.0 Å². The zero-order valence-electron chi connectivity index (χ0n) is 13.8. The molecule has 1 aliphatic rings. The fraction of sp³-hybridized carbons (Fsp3) is 0.733. The molecule has 1 atom stereocenters. The van der Waals surface area contributed by atoms with Crippen LogP contribution in [0.2, 0.25) is 10.5 Å². The summed E-state index contributed by atoms with van der Waals surface area (Å²) >= 11 is -2.08. The summed E-state index contributed by atoms with van der Waals surface area (Å²) in [6.45, 7) is 16.1. The van der Waals surface area contributed by atoms with Gasteiger partial charge in [-0.1, -0.05) is 0 Å². The Bertz CT molecular complexity index is 395. The molecule has 1 N–H and O–H groups in total. The molecular weight excluding hydrogens is 341 g/mol. The zero-order chi connectivity index (χ0) is 13.6. The average Bonchev–Trinajstić information content (AvgIpc) is 2.27. The molecule has 20 heavy (non-hydrogen) atoms. The van der Waals surface area contributed by atoms with E-state index in [-0.39, 0.29) is 41.3 Å². The normalized spacial score (nSPS) is 18.6. The quantitative estimate of drug-likeness (QED) is 0.521. The summed E-state index contributed by atoms with van der Waals surface area (Å²) in [5.41, 5.74) is 4.89. The van der Waals surface area contributed by atoms with E-state index in [1.54, 1.807) is 15.0 Å². The van der Waals surface area contributed by atoms with Crippen molar-refractivity contribution in [2.24, 2.45) is 5.92 Å². The molecule has 0 aliphatic heterocycles. The van der Waals surface area contributed by atoms with Crippen LogP contribution < -0.4 is 28.6 Å². The predicted octanol–water partition coefficient (Wildman–Crippen LogP) is -2.64. The van der Waals surface area contributed by atoms with Crippen molar-refractivity contribution < 1.29 is 41.7 Å². The van der Waals surface area contributed by atoms with Crippen molar-refractivity contribution in [1.29, 1.82) is 0 Å². The second-order valence-electron chi connectivity index (χ2n) is 7.07. The van der Waals surface area contributed by atoms with Crippen molar-refractivity contribution in [3.63, 3.8) is 0 Å². The van der Waals surface area contributed by atoms with Crippen LogP contribution in [0.25, 0.3) is 0 Å². The molecule has 1 aliphatic carbocycles. The minimum Gasteiger partial charge on any atom is -1.00 e. The van der Waals surface area contributed by atoms with Gasteiger partial charge in [0.2, 0.25) is 0 Å². The third-order valence-corrected chi connectivity index (χ3v) is 9.51. The Morgan fingerprint density at radius 1 is 0.950 bits per heavy atom. The molecule has 0 saturated carbocycles. The summed E-state index contributed by atoms with van der Waals surface area (Å²) in [6.07, 6.45) is 0. The summed E-state index contributed by atoms with van der Waals surface area (Å²) in [5.74, 6) is 0.653. The van der Waals surface area contributed by atoms with Crippen LogP contribution in [0.4, 0.5) is 0 Å². The molecule has 0 amide bonds. The molecule has 0 aromatic heterocycles. The fourth-order valence-electron chi connectivity index (χ4n) is 3.38. The van der Waals surface area contributed by atoms with Crippen LogP contribution in [0.1, 0.15) is 48.5 Å². The van der Waals surface area contributed by atoms with Crippen LogP contribution in [0, 0.1) is 5.92 Å².